The summed E-state index contributed by atoms with van der Waals surface area (Å²) < 4.78 is 6.67. The van der Waals surface area contributed by atoms with Gasteiger partial charge in [0.2, 0.25) is 11.8 Å². The van der Waals surface area contributed by atoms with Gasteiger partial charge in [-0.15, -0.1) is 0 Å². The zero-order valence-corrected chi connectivity index (χ0v) is 12.2. The first-order valence-corrected chi connectivity index (χ1v) is 6.41. The number of hydrogen-bond acceptors (Lipinski definition) is 4. The summed E-state index contributed by atoms with van der Waals surface area (Å²) in [4.78, 5) is 8.14. The number of halogens is 2. The number of rotatable bonds is 3. The molecular weight excluding hydrogens is 318 g/mol. The molecule has 0 saturated carbocycles. The van der Waals surface area contributed by atoms with Gasteiger partial charge in [0.15, 0.2) is 0 Å². The minimum atomic E-state index is 0.331. The van der Waals surface area contributed by atoms with Crippen molar-refractivity contribution in [1.29, 1.82) is 0 Å². The van der Waals surface area contributed by atoms with E-state index in [1.165, 1.54) is 6.20 Å². The zero-order chi connectivity index (χ0) is 13.1. The lowest BCUT2D eigenvalue weighted by Gasteiger charge is -2.08. The van der Waals surface area contributed by atoms with Crippen molar-refractivity contribution in [3.63, 3.8) is 0 Å². The molecule has 0 aliphatic heterocycles. The van der Waals surface area contributed by atoms with Crippen molar-refractivity contribution < 1.29 is 4.74 Å². The third kappa shape index (κ3) is 2.91. The minimum Gasteiger partial charge on any atom is -0.437 e. The fourth-order valence-electron chi connectivity index (χ4n) is 1.34. The summed E-state index contributed by atoms with van der Waals surface area (Å²) in [6.07, 6.45) is 1.50. The molecule has 1 heterocycles. The Balaban J connectivity index is 2.30. The lowest BCUT2D eigenvalue weighted by atomic mass is 10.2. The van der Waals surface area contributed by atoms with Gasteiger partial charge in [0.1, 0.15) is 10.8 Å². The van der Waals surface area contributed by atoms with Gasteiger partial charge in [0.05, 0.1) is 6.20 Å². The number of hydrogen-bond donors (Lipinski definition) is 1. The maximum absolute atomic E-state index is 5.99. The molecule has 0 aliphatic carbocycles. The Labute approximate surface area is 118 Å². The van der Waals surface area contributed by atoms with Gasteiger partial charge in [-0.3, -0.25) is 0 Å². The number of ether oxygens (including phenoxy) is 1. The molecule has 0 bridgehead atoms. The van der Waals surface area contributed by atoms with E-state index in [0.717, 1.165) is 10.0 Å². The van der Waals surface area contributed by atoms with Crippen LogP contribution in [0, 0.1) is 6.92 Å². The number of nitrogens with zero attached hydrogens (tertiary/aromatic N) is 2. The van der Waals surface area contributed by atoms with E-state index in [9.17, 15) is 0 Å². The molecule has 0 atom stereocenters. The molecule has 0 amide bonds. The van der Waals surface area contributed by atoms with Gasteiger partial charge in [0.25, 0.3) is 0 Å². The lowest BCUT2D eigenvalue weighted by molar-refractivity contribution is 0.462. The maximum atomic E-state index is 5.99. The highest BCUT2D eigenvalue weighted by molar-refractivity contribution is 9.10. The van der Waals surface area contributed by atoms with Gasteiger partial charge in [-0.25, -0.2) is 4.98 Å². The van der Waals surface area contributed by atoms with Crippen LogP contribution in [0.2, 0.25) is 5.02 Å². The fraction of sp³-hybridized carbons (Fsp3) is 0.167. The summed E-state index contributed by atoms with van der Waals surface area (Å²) in [7, 11) is 1.73. The van der Waals surface area contributed by atoms with Crippen LogP contribution in [0.25, 0.3) is 0 Å². The molecule has 0 radical (unpaired) electrons. The Kier molecular flexibility index (Phi) is 4.04. The normalized spacial score (nSPS) is 10.2. The quantitative estimate of drug-likeness (QED) is 0.924. The highest BCUT2D eigenvalue weighted by Crippen LogP contribution is 2.29. The van der Waals surface area contributed by atoms with Crippen molar-refractivity contribution in [1.82, 2.24) is 9.97 Å². The molecule has 1 N–H and O–H groups in total. The van der Waals surface area contributed by atoms with Crippen LogP contribution >= 0.6 is 27.5 Å². The molecule has 0 fully saturated rings. The van der Waals surface area contributed by atoms with Crippen molar-refractivity contribution >= 4 is 33.5 Å². The van der Waals surface area contributed by atoms with E-state index < -0.39 is 0 Å². The molecule has 0 spiro atoms. The Hall–Kier alpha value is -1.33. The van der Waals surface area contributed by atoms with Crippen LogP contribution < -0.4 is 10.1 Å². The van der Waals surface area contributed by atoms with E-state index in [2.05, 4.69) is 31.2 Å². The van der Waals surface area contributed by atoms with Gasteiger partial charge in [-0.1, -0.05) is 27.5 Å². The van der Waals surface area contributed by atoms with Crippen LogP contribution in [0.4, 0.5) is 5.95 Å². The average Bonchev–Trinajstić information content (AvgIpc) is 2.36. The molecule has 2 rings (SSSR count). The smallest absolute Gasteiger partial charge is 0.243 e. The van der Waals surface area contributed by atoms with Crippen LogP contribution in [0.3, 0.4) is 0 Å². The maximum Gasteiger partial charge on any atom is 0.243 e. The fourth-order valence-corrected chi connectivity index (χ4v) is 1.71. The zero-order valence-electron chi connectivity index (χ0n) is 9.87. The third-order valence-electron chi connectivity index (χ3n) is 2.28. The number of nitrogens with one attached hydrogen (secondary N) is 1. The van der Waals surface area contributed by atoms with Crippen LogP contribution in [-0.2, 0) is 0 Å². The van der Waals surface area contributed by atoms with Crippen molar-refractivity contribution in [2.24, 2.45) is 0 Å². The largest absolute Gasteiger partial charge is 0.437 e. The first-order chi connectivity index (χ1) is 8.60. The molecule has 0 aliphatic rings. The summed E-state index contributed by atoms with van der Waals surface area (Å²) in [6, 6.07) is 5.66. The van der Waals surface area contributed by atoms with Crippen molar-refractivity contribution in [2.45, 2.75) is 6.92 Å². The summed E-state index contributed by atoms with van der Waals surface area (Å²) in [5, 5.41) is 3.20. The Morgan fingerprint density at radius 2 is 2.17 bits per heavy atom. The predicted molar refractivity (Wildman–Crippen MR) is 75.5 cm³/mol. The third-order valence-corrected chi connectivity index (χ3v) is 3.43. The Morgan fingerprint density at radius 1 is 1.39 bits per heavy atom. The summed E-state index contributed by atoms with van der Waals surface area (Å²) in [5.41, 5.74) is 1.08. The van der Waals surface area contributed by atoms with E-state index in [4.69, 9.17) is 16.3 Å². The summed E-state index contributed by atoms with van der Waals surface area (Å²) in [5.74, 6) is 1.47. The average molecular weight is 329 g/mol. The van der Waals surface area contributed by atoms with E-state index >= 15 is 0 Å². The highest BCUT2D eigenvalue weighted by Gasteiger charge is 2.08. The Morgan fingerprint density at radius 3 is 2.83 bits per heavy atom. The molecule has 18 heavy (non-hydrogen) atoms. The second-order valence-corrected chi connectivity index (χ2v) is 4.87. The molecule has 2 aromatic rings. The van der Waals surface area contributed by atoms with Crippen LogP contribution in [0.5, 0.6) is 11.6 Å². The predicted octanol–water partition coefficient (Wildman–Crippen LogP) is 4.03. The van der Waals surface area contributed by atoms with E-state index in [1.807, 2.05) is 25.1 Å². The SMILES string of the molecule is CNc1ncc(Cl)c(Oc2ccc(Br)c(C)c2)n1. The molecule has 0 unspecified atom stereocenters. The van der Waals surface area contributed by atoms with Crippen LogP contribution in [0.1, 0.15) is 5.56 Å². The standard InChI is InChI=1S/C12H11BrClN3O/c1-7-5-8(3-4-9(7)13)18-11-10(14)6-16-12(15-2)17-11/h3-6H,1-2H3,(H,15,16,17). The molecule has 1 aromatic carbocycles. The Bertz CT molecular complexity index is 577. The number of benzene rings is 1. The first-order valence-electron chi connectivity index (χ1n) is 5.24. The molecular formula is C12H11BrClN3O. The second-order valence-electron chi connectivity index (χ2n) is 3.61. The second kappa shape index (κ2) is 5.54. The van der Waals surface area contributed by atoms with Gasteiger partial charge in [-0.2, -0.15) is 4.98 Å². The number of anilines is 1. The van der Waals surface area contributed by atoms with E-state index in [1.54, 1.807) is 7.05 Å². The summed E-state index contributed by atoms with van der Waals surface area (Å²) in [6.45, 7) is 1.98. The minimum absolute atomic E-state index is 0.331. The van der Waals surface area contributed by atoms with Gasteiger partial charge in [0, 0.05) is 11.5 Å². The van der Waals surface area contributed by atoms with Crippen LogP contribution in [0.15, 0.2) is 28.9 Å². The lowest BCUT2D eigenvalue weighted by Crippen LogP contribution is -1.98. The first kappa shape index (κ1) is 13.1. The highest BCUT2D eigenvalue weighted by atomic mass is 79.9. The molecule has 1 aromatic heterocycles. The topological polar surface area (TPSA) is 47.0 Å². The number of aryl methyl sites for hydroxylation is 1. The molecule has 4 nitrogen and oxygen atoms in total. The van der Waals surface area contributed by atoms with Crippen molar-refractivity contribution in [3.05, 3.63) is 39.5 Å². The van der Waals surface area contributed by atoms with Gasteiger partial charge in [-0.05, 0) is 30.7 Å². The monoisotopic (exact) mass is 327 g/mol. The van der Waals surface area contributed by atoms with Gasteiger partial charge < -0.3 is 10.1 Å². The number of aromatic nitrogens is 2. The molecule has 6 heteroatoms. The molecule has 0 saturated heterocycles. The summed E-state index contributed by atoms with van der Waals surface area (Å²) >= 11 is 9.42. The van der Waals surface area contributed by atoms with Crippen molar-refractivity contribution in [3.8, 4) is 11.6 Å². The molecule has 94 valence electrons. The van der Waals surface area contributed by atoms with Crippen molar-refractivity contribution in [2.75, 3.05) is 12.4 Å². The van der Waals surface area contributed by atoms with E-state index in [0.29, 0.717) is 22.6 Å². The van der Waals surface area contributed by atoms with E-state index in [-0.39, 0.29) is 0 Å². The van der Waals surface area contributed by atoms with Gasteiger partial charge >= 0.3 is 0 Å². The van der Waals surface area contributed by atoms with Crippen LogP contribution in [-0.4, -0.2) is 17.0 Å².